The van der Waals surface area contributed by atoms with E-state index in [0.717, 1.165) is 43.8 Å². The molecule has 0 radical (unpaired) electrons. The third-order valence-corrected chi connectivity index (χ3v) is 6.69. The van der Waals surface area contributed by atoms with E-state index < -0.39 is 0 Å². The molecule has 5 atom stereocenters. The summed E-state index contributed by atoms with van der Waals surface area (Å²) in [6.45, 7) is 2.72. The third-order valence-electron chi connectivity index (χ3n) is 6.69. The van der Waals surface area contributed by atoms with Crippen LogP contribution in [0.25, 0.3) is 0 Å². The van der Waals surface area contributed by atoms with E-state index >= 15 is 0 Å². The maximum Gasteiger partial charge on any atom is 0.317 e. The van der Waals surface area contributed by atoms with Crippen LogP contribution >= 0.6 is 0 Å². The lowest BCUT2D eigenvalue weighted by atomic mass is 9.78. The highest BCUT2D eigenvalue weighted by Gasteiger charge is 2.45. The first-order valence-corrected chi connectivity index (χ1v) is 9.00. The molecule has 0 aromatic heterocycles. The summed E-state index contributed by atoms with van der Waals surface area (Å²) in [4.78, 5) is 14.4. The lowest BCUT2D eigenvalue weighted by molar-refractivity contribution is 0.204. The Bertz CT molecular complexity index is 409. The summed E-state index contributed by atoms with van der Waals surface area (Å²) < 4.78 is 0. The molecule has 0 spiro atoms. The molecule has 3 saturated carbocycles. The van der Waals surface area contributed by atoms with Gasteiger partial charge in [0, 0.05) is 25.7 Å². The van der Waals surface area contributed by atoms with Crippen LogP contribution in [-0.4, -0.2) is 36.6 Å². The van der Waals surface area contributed by atoms with Crippen molar-refractivity contribution in [2.75, 3.05) is 19.6 Å². The van der Waals surface area contributed by atoms with Crippen molar-refractivity contribution < 1.29 is 4.79 Å². The van der Waals surface area contributed by atoms with Gasteiger partial charge in [0.1, 0.15) is 0 Å². The molecular formula is C17H29N3O. The Morgan fingerprint density at radius 2 is 1.81 bits per heavy atom. The molecule has 21 heavy (non-hydrogen) atoms. The summed E-state index contributed by atoms with van der Waals surface area (Å²) in [5.74, 6) is 3.89. The van der Waals surface area contributed by atoms with E-state index in [2.05, 4.69) is 5.32 Å². The molecule has 1 heterocycles. The number of urea groups is 1. The van der Waals surface area contributed by atoms with Gasteiger partial charge >= 0.3 is 6.03 Å². The number of fused-ring (bicyclic) bond motifs is 1. The zero-order valence-electron chi connectivity index (χ0n) is 13.0. The van der Waals surface area contributed by atoms with Gasteiger partial charge in [0.25, 0.3) is 0 Å². The van der Waals surface area contributed by atoms with E-state index in [1.165, 1.54) is 38.5 Å². The quantitative estimate of drug-likeness (QED) is 0.837. The molecule has 3 N–H and O–H groups in total. The molecule has 0 aromatic rings. The van der Waals surface area contributed by atoms with Crippen LogP contribution in [0.5, 0.6) is 0 Å². The largest absolute Gasteiger partial charge is 0.338 e. The SMILES string of the molecule is NC1CCCC2CN(C(=O)NC[C@@H]3C[C@H]3C3CCC3)CC12. The second kappa shape index (κ2) is 5.45. The van der Waals surface area contributed by atoms with Crippen LogP contribution in [0.4, 0.5) is 4.79 Å². The Morgan fingerprint density at radius 3 is 2.52 bits per heavy atom. The number of hydrogen-bond acceptors (Lipinski definition) is 2. The molecule has 2 amide bonds. The van der Waals surface area contributed by atoms with Crippen molar-refractivity contribution in [1.82, 2.24) is 10.2 Å². The average molecular weight is 291 g/mol. The molecule has 4 fully saturated rings. The zero-order chi connectivity index (χ0) is 14.4. The molecule has 3 unspecified atom stereocenters. The van der Waals surface area contributed by atoms with Crippen molar-refractivity contribution in [3.05, 3.63) is 0 Å². The predicted molar refractivity (Wildman–Crippen MR) is 82.7 cm³/mol. The average Bonchev–Trinajstić information content (AvgIpc) is 2.99. The topological polar surface area (TPSA) is 58.4 Å². The van der Waals surface area contributed by atoms with Crippen molar-refractivity contribution in [3.8, 4) is 0 Å². The number of rotatable bonds is 3. The summed E-state index contributed by atoms with van der Waals surface area (Å²) in [5.41, 5.74) is 6.23. The number of carbonyl (C=O) groups is 1. The van der Waals surface area contributed by atoms with Gasteiger partial charge in [0.15, 0.2) is 0 Å². The smallest absolute Gasteiger partial charge is 0.317 e. The van der Waals surface area contributed by atoms with Crippen molar-refractivity contribution in [2.45, 2.75) is 51.0 Å². The number of carbonyl (C=O) groups excluding carboxylic acids is 1. The first-order chi connectivity index (χ1) is 10.2. The molecule has 0 aromatic carbocycles. The van der Waals surface area contributed by atoms with E-state index in [9.17, 15) is 4.79 Å². The predicted octanol–water partition coefficient (Wildman–Crippen LogP) is 2.19. The molecule has 4 heteroatoms. The fraction of sp³-hybridized carbons (Fsp3) is 0.941. The fourth-order valence-corrected chi connectivity index (χ4v) is 4.96. The minimum absolute atomic E-state index is 0.163. The van der Waals surface area contributed by atoms with Gasteiger partial charge < -0.3 is 16.0 Å². The van der Waals surface area contributed by atoms with Gasteiger partial charge in [-0.15, -0.1) is 0 Å². The monoisotopic (exact) mass is 291 g/mol. The Balaban J connectivity index is 1.23. The van der Waals surface area contributed by atoms with E-state index in [-0.39, 0.29) is 6.03 Å². The Morgan fingerprint density at radius 1 is 1.05 bits per heavy atom. The first kappa shape index (κ1) is 13.9. The van der Waals surface area contributed by atoms with E-state index in [0.29, 0.717) is 17.9 Å². The fourth-order valence-electron chi connectivity index (χ4n) is 4.96. The van der Waals surface area contributed by atoms with Gasteiger partial charge in [0.2, 0.25) is 0 Å². The highest BCUT2D eigenvalue weighted by Crippen LogP contribution is 2.51. The van der Waals surface area contributed by atoms with Crippen molar-refractivity contribution in [2.24, 2.45) is 35.3 Å². The summed E-state index contributed by atoms with van der Waals surface area (Å²) in [5, 5.41) is 3.19. The van der Waals surface area contributed by atoms with Crippen LogP contribution in [0.15, 0.2) is 0 Å². The van der Waals surface area contributed by atoms with Gasteiger partial charge in [-0.1, -0.05) is 25.7 Å². The summed E-state index contributed by atoms with van der Waals surface area (Å²) >= 11 is 0. The van der Waals surface area contributed by atoms with Gasteiger partial charge in [0.05, 0.1) is 0 Å². The van der Waals surface area contributed by atoms with E-state index in [4.69, 9.17) is 5.73 Å². The standard InChI is InChI=1S/C17H29N3O/c18-16-6-2-5-12-9-20(10-15(12)16)17(21)19-8-13-7-14(13)11-3-1-4-11/h11-16H,1-10,18H2,(H,19,21)/t12?,13-,14-,15?,16?/m0/s1. The zero-order valence-corrected chi connectivity index (χ0v) is 13.0. The molecule has 1 saturated heterocycles. The van der Waals surface area contributed by atoms with Gasteiger partial charge in [-0.05, 0) is 48.9 Å². The molecule has 0 bridgehead atoms. The molecule has 118 valence electrons. The summed E-state index contributed by atoms with van der Waals surface area (Å²) in [6, 6.07) is 0.476. The van der Waals surface area contributed by atoms with Crippen LogP contribution in [0.3, 0.4) is 0 Å². The number of nitrogens with one attached hydrogen (secondary N) is 1. The Hall–Kier alpha value is -0.770. The maximum atomic E-state index is 12.4. The Labute approximate surface area is 127 Å². The van der Waals surface area contributed by atoms with Crippen LogP contribution in [0.1, 0.15) is 44.9 Å². The minimum Gasteiger partial charge on any atom is -0.338 e. The summed E-state index contributed by atoms with van der Waals surface area (Å²) in [6.07, 6.45) is 9.28. The van der Waals surface area contributed by atoms with Crippen LogP contribution in [0.2, 0.25) is 0 Å². The number of nitrogens with two attached hydrogens (primary N) is 1. The van der Waals surface area contributed by atoms with Gasteiger partial charge in [-0.2, -0.15) is 0 Å². The number of likely N-dealkylation sites (tertiary alicyclic amines) is 1. The molecule has 4 aliphatic rings. The minimum atomic E-state index is 0.163. The van der Waals surface area contributed by atoms with Crippen LogP contribution in [0, 0.1) is 29.6 Å². The van der Waals surface area contributed by atoms with Crippen molar-refractivity contribution in [1.29, 1.82) is 0 Å². The number of nitrogens with zero attached hydrogens (tertiary/aromatic N) is 1. The highest BCUT2D eigenvalue weighted by atomic mass is 16.2. The van der Waals surface area contributed by atoms with Gasteiger partial charge in [-0.3, -0.25) is 0 Å². The second-order valence-electron chi connectivity index (χ2n) is 7.96. The highest BCUT2D eigenvalue weighted by molar-refractivity contribution is 5.74. The summed E-state index contributed by atoms with van der Waals surface area (Å²) in [7, 11) is 0. The normalized spacial score (nSPS) is 42.3. The molecule has 3 aliphatic carbocycles. The lowest BCUT2D eigenvalue weighted by Gasteiger charge is -2.29. The van der Waals surface area contributed by atoms with E-state index in [1.807, 2.05) is 4.90 Å². The molecular weight excluding hydrogens is 262 g/mol. The Kier molecular flexibility index (Phi) is 3.60. The number of amides is 2. The van der Waals surface area contributed by atoms with Crippen LogP contribution < -0.4 is 11.1 Å². The van der Waals surface area contributed by atoms with E-state index in [1.54, 1.807) is 0 Å². The third kappa shape index (κ3) is 2.67. The lowest BCUT2D eigenvalue weighted by Crippen LogP contribution is -2.41. The maximum absolute atomic E-state index is 12.4. The van der Waals surface area contributed by atoms with Crippen molar-refractivity contribution in [3.63, 3.8) is 0 Å². The molecule has 4 rings (SSSR count). The number of hydrogen-bond donors (Lipinski definition) is 2. The van der Waals surface area contributed by atoms with Gasteiger partial charge in [-0.25, -0.2) is 4.79 Å². The second-order valence-corrected chi connectivity index (χ2v) is 7.96. The molecule has 4 nitrogen and oxygen atoms in total. The molecule has 1 aliphatic heterocycles. The van der Waals surface area contributed by atoms with Crippen molar-refractivity contribution >= 4 is 6.03 Å². The van der Waals surface area contributed by atoms with Crippen LogP contribution in [-0.2, 0) is 0 Å². The first-order valence-electron chi connectivity index (χ1n) is 9.00.